The summed E-state index contributed by atoms with van der Waals surface area (Å²) < 4.78 is 0. The molecule has 2 rings (SSSR count). The lowest BCUT2D eigenvalue weighted by Crippen LogP contribution is -2.37. The number of carboxylic acids is 1. The molecule has 1 aromatic carbocycles. The highest BCUT2D eigenvalue weighted by atomic mass is 35.5. The number of halogens is 1. The summed E-state index contributed by atoms with van der Waals surface area (Å²) in [5.74, 6) is -1.45. The number of hydrogen-bond donors (Lipinski definition) is 2. The van der Waals surface area contributed by atoms with Crippen LogP contribution in [0.25, 0.3) is 0 Å². The molecule has 1 fully saturated rings. The zero-order chi connectivity index (χ0) is 14.7. The molecular weight excluding hydrogens is 280 g/mol. The highest BCUT2D eigenvalue weighted by molar-refractivity contribution is 6.33. The van der Waals surface area contributed by atoms with E-state index in [4.69, 9.17) is 22.4 Å². The number of rotatable bonds is 5. The Kier molecular flexibility index (Phi) is 4.49. The first-order valence-electron chi connectivity index (χ1n) is 6.57. The van der Waals surface area contributed by atoms with Gasteiger partial charge in [-0.05, 0) is 31.0 Å². The average molecular weight is 297 g/mol. The summed E-state index contributed by atoms with van der Waals surface area (Å²) in [6, 6.07) is 4.92. The van der Waals surface area contributed by atoms with Gasteiger partial charge in [0.2, 0.25) is 5.91 Å². The number of nitrogens with two attached hydrogens (primary N) is 1. The fraction of sp³-hybridized carbons (Fsp3) is 0.429. The third-order valence-electron chi connectivity index (χ3n) is 3.61. The second kappa shape index (κ2) is 6.13. The van der Waals surface area contributed by atoms with Crippen molar-refractivity contribution in [2.24, 2.45) is 5.73 Å². The summed E-state index contributed by atoms with van der Waals surface area (Å²) in [6.07, 6.45) is 4.11. The van der Waals surface area contributed by atoms with Crippen LogP contribution in [0.2, 0.25) is 5.02 Å². The van der Waals surface area contributed by atoms with Gasteiger partial charge in [-0.3, -0.25) is 9.59 Å². The molecular formula is C14H17ClN2O3. The number of hydrogen-bond acceptors (Lipinski definition) is 3. The molecule has 0 radical (unpaired) electrons. The first kappa shape index (κ1) is 14.7. The Morgan fingerprint density at radius 3 is 2.50 bits per heavy atom. The Balaban J connectivity index is 2.32. The SMILES string of the molecule is NC(=O)c1ccc(N(CC(=O)O)C2CCCC2)c(Cl)c1. The normalized spacial score (nSPS) is 15.2. The Labute approximate surface area is 122 Å². The van der Waals surface area contributed by atoms with Gasteiger partial charge in [0.05, 0.1) is 10.7 Å². The monoisotopic (exact) mass is 296 g/mol. The molecule has 6 heteroatoms. The summed E-state index contributed by atoms with van der Waals surface area (Å²) in [6.45, 7) is -0.0969. The third-order valence-corrected chi connectivity index (χ3v) is 3.92. The van der Waals surface area contributed by atoms with E-state index in [2.05, 4.69) is 0 Å². The quantitative estimate of drug-likeness (QED) is 0.873. The minimum absolute atomic E-state index is 0.0969. The lowest BCUT2D eigenvalue weighted by atomic mass is 10.1. The molecule has 0 unspecified atom stereocenters. The van der Waals surface area contributed by atoms with Crippen molar-refractivity contribution in [3.05, 3.63) is 28.8 Å². The molecule has 1 aliphatic rings. The van der Waals surface area contributed by atoms with Crippen LogP contribution in [-0.4, -0.2) is 29.6 Å². The lowest BCUT2D eigenvalue weighted by molar-refractivity contribution is -0.135. The summed E-state index contributed by atoms with van der Waals surface area (Å²) in [5, 5.41) is 9.44. The maximum atomic E-state index is 11.1. The van der Waals surface area contributed by atoms with Gasteiger partial charge in [-0.15, -0.1) is 0 Å². The van der Waals surface area contributed by atoms with Crippen LogP contribution < -0.4 is 10.6 Å². The van der Waals surface area contributed by atoms with Crippen LogP contribution in [0.4, 0.5) is 5.69 Å². The van der Waals surface area contributed by atoms with Crippen LogP contribution in [0.3, 0.4) is 0 Å². The van der Waals surface area contributed by atoms with E-state index >= 15 is 0 Å². The van der Waals surface area contributed by atoms with E-state index in [0.717, 1.165) is 25.7 Å². The minimum Gasteiger partial charge on any atom is -0.480 e. The van der Waals surface area contributed by atoms with Crippen LogP contribution in [0.15, 0.2) is 18.2 Å². The lowest BCUT2D eigenvalue weighted by Gasteiger charge is -2.30. The number of nitrogens with zero attached hydrogens (tertiary/aromatic N) is 1. The van der Waals surface area contributed by atoms with Crippen LogP contribution in [-0.2, 0) is 4.79 Å². The second-order valence-electron chi connectivity index (χ2n) is 4.99. The van der Waals surface area contributed by atoms with Crippen molar-refractivity contribution >= 4 is 29.2 Å². The Morgan fingerprint density at radius 1 is 1.35 bits per heavy atom. The highest BCUT2D eigenvalue weighted by Gasteiger charge is 2.26. The number of amides is 1. The smallest absolute Gasteiger partial charge is 0.323 e. The van der Waals surface area contributed by atoms with Crippen molar-refractivity contribution in [2.75, 3.05) is 11.4 Å². The van der Waals surface area contributed by atoms with E-state index in [-0.39, 0.29) is 12.6 Å². The predicted octanol–water partition coefficient (Wildman–Crippen LogP) is 2.27. The number of carbonyl (C=O) groups is 2. The summed E-state index contributed by atoms with van der Waals surface area (Å²) in [7, 11) is 0. The second-order valence-corrected chi connectivity index (χ2v) is 5.40. The zero-order valence-electron chi connectivity index (χ0n) is 11.0. The minimum atomic E-state index is -0.896. The first-order chi connectivity index (χ1) is 9.49. The van der Waals surface area contributed by atoms with Crippen LogP contribution in [0, 0.1) is 0 Å². The van der Waals surface area contributed by atoms with Gasteiger partial charge in [0.25, 0.3) is 0 Å². The molecule has 1 aromatic rings. The van der Waals surface area contributed by atoms with Crippen LogP contribution in [0.1, 0.15) is 36.0 Å². The summed E-state index contributed by atoms with van der Waals surface area (Å²) in [4.78, 5) is 24.0. The van der Waals surface area contributed by atoms with Gasteiger partial charge in [0.15, 0.2) is 0 Å². The largest absolute Gasteiger partial charge is 0.480 e. The Bertz CT molecular complexity index is 527. The molecule has 0 aliphatic heterocycles. The molecule has 3 N–H and O–H groups in total. The van der Waals surface area contributed by atoms with Crippen molar-refractivity contribution < 1.29 is 14.7 Å². The van der Waals surface area contributed by atoms with Crippen molar-refractivity contribution in [3.63, 3.8) is 0 Å². The number of carboxylic acid groups (broad SMARTS) is 1. The Hall–Kier alpha value is -1.75. The van der Waals surface area contributed by atoms with E-state index in [1.54, 1.807) is 12.1 Å². The van der Waals surface area contributed by atoms with Gasteiger partial charge in [-0.1, -0.05) is 24.4 Å². The van der Waals surface area contributed by atoms with Gasteiger partial charge >= 0.3 is 5.97 Å². The standard InChI is InChI=1S/C14H17ClN2O3/c15-11-7-9(14(16)20)5-6-12(11)17(8-13(18)19)10-3-1-2-4-10/h5-7,10H,1-4,8H2,(H2,16,20)(H,18,19). The van der Waals surface area contributed by atoms with Crippen LogP contribution in [0.5, 0.6) is 0 Å². The van der Waals surface area contributed by atoms with Crippen molar-refractivity contribution in [1.82, 2.24) is 0 Å². The van der Waals surface area contributed by atoms with Crippen LogP contribution >= 0.6 is 11.6 Å². The molecule has 0 heterocycles. The molecule has 1 aliphatic carbocycles. The molecule has 0 spiro atoms. The predicted molar refractivity (Wildman–Crippen MR) is 77.2 cm³/mol. The molecule has 20 heavy (non-hydrogen) atoms. The van der Waals surface area contributed by atoms with Crippen molar-refractivity contribution in [3.8, 4) is 0 Å². The molecule has 108 valence electrons. The van der Waals surface area contributed by atoms with E-state index in [1.807, 2.05) is 4.90 Å². The van der Waals surface area contributed by atoms with E-state index in [0.29, 0.717) is 16.3 Å². The number of primary amides is 1. The third kappa shape index (κ3) is 3.22. The van der Waals surface area contributed by atoms with E-state index < -0.39 is 11.9 Å². The fourth-order valence-electron chi connectivity index (χ4n) is 2.67. The molecule has 5 nitrogen and oxygen atoms in total. The highest BCUT2D eigenvalue weighted by Crippen LogP contribution is 2.33. The average Bonchev–Trinajstić information content (AvgIpc) is 2.89. The van der Waals surface area contributed by atoms with Gasteiger partial charge in [-0.2, -0.15) is 0 Å². The van der Waals surface area contributed by atoms with Crippen molar-refractivity contribution in [2.45, 2.75) is 31.7 Å². The molecule has 1 saturated carbocycles. The van der Waals surface area contributed by atoms with Crippen molar-refractivity contribution in [1.29, 1.82) is 0 Å². The van der Waals surface area contributed by atoms with Gasteiger partial charge < -0.3 is 15.7 Å². The fourth-order valence-corrected chi connectivity index (χ4v) is 2.95. The maximum Gasteiger partial charge on any atom is 0.323 e. The topological polar surface area (TPSA) is 83.6 Å². The summed E-state index contributed by atoms with van der Waals surface area (Å²) >= 11 is 6.19. The zero-order valence-corrected chi connectivity index (χ0v) is 11.8. The van der Waals surface area contributed by atoms with E-state index in [9.17, 15) is 9.59 Å². The summed E-state index contributed by atoms with van der Waals surface area (Å²) in [5.41, 5.74) is 6.17. The number of anilines is 1. The first-order valence-corrected chi connectivity index (χ1v) is 6.94. The number of carbonyl (C=O) groups excluding carboxylic acids is 1. The molecule has 0 bridgehead atoms. The van der Waals surface area contributed by atoms with Gasteiger partial charge in [-0.25, -0.2) is 0 Å². The molecule has 1 amide bonds. The van der Waals surface area contributed by atoms with E-state index in [1.165, 1.54) is 6.07 Å². The molecule has 0 aromatic heterocycles. The van der Waals surface area contributed by atoms with Gasteiger partial charge in [0.1, 0.15) is 6.54 Å². The maximum absolute atomic E-state index is 11.1. The number of benzene rings is 1. The van der Waals surface area contributed by atoms with Gasteiger partial charge in [0, 0.05) is 11.6 Å². The Morgan fingerprint density at radius 2 is 2.00 bits per heavy atom. The molecule has 0 atom stereocenters. The molecule has 0 saturated heterocycles. The number of aliphatic carboxylic acids is 1.